The van der Waals surface area contributed by atoms with Crippen LogP contribution in [0.5, 0.6) is 0 Å². The number of hydrogen-bond acceptors (Lipinski definition) is 3. The van der Waals surface area contributed by atoms with Crippen LogP contribution in [0.15, 0.2) is 18.2 Å². The molecule has 18 heavy (non-hydrogen) atoms. The van der Waals surface area contributed by atoms with Crippen molar-refractivity contribution in [1.29, 1.82) is 0 Å². The molecule has 1 aromatic heterocycles. The van der Waals surface area contributed by atoms with Gasteiger partial charge in [0.15, 0.2) is 5.95 Å². The van der Waals surface area contributed by atoms with Gasteiger partial charge in [-0.3, -0.25) is 4.79 Å². The van der Waals surface area contributed by atoms with Crippen molar-refractivity contribution in [3.63, 3.8) is 0 Å². The highest BCUT2D eigenvalue weighted by Crippen LogP contribution is 2.29. The van der Waals surface area contributed by atoms with Crippen LogP contribution in [0.2, 0.25) is 0 Å². The molecule has 0 radical (unpaired) electrons. The number of aryl methyl sites for hydroxylation is 2. The average molecular weight is 242 g/mol. The molecule has 1 aromatic carbocycles. The summed E-state index contributed by atoms with van der Waals surface area (Å²) in [5, 5.41) is 2.87. The van der Waals surface area contributed by atoms with Crippen LogP contribution in [0.3, 0.4) is 0 Å². The number of rotatable bonds is 1. The van der Waals surface area contributed by atoms with Crippen molar-refractivity contribution in [2.75, 3.05) is 11.1 Å². The minimum atomic E-state index is 0.0791. The number of nitrogens with zero attached hydrogens (tertiary/aromatic N) is 1. The fourth-order valence-corrected chi connectivity index (χ4v) is 2.30. The third kappa shape index (κ3) is 1.73. The molecule has 5 heteroatoms. The summed E-state index contributed by atoms with van der Waals surface area (Å²) in [6, 6.07) is 5.94. The van der Waals surface area contributed by atoms with E-state index in [1.54, 1.807) is 0 Å². The minimum Gasteiger partial charge on any atom is -0.369 e. The van der Waals surface area contributed by atoms with Gasteiger partial charge in [0.25, 0.3) is 0 Å². The highest BCUT2D eigenvalue weighted by Gasteiger charge is 2.16. The van der Waals surface area contributed by atoms with Gasteiger partial charge in [-0.05, 0) is 31.0 Å². The zero-order valence-electron chi connectivity index (χ0n) is 10.1. The van der Waals surface area contributed by atoms with Gasteiger partial charge in [-0.25, -0.2) is 4.98 Å². The van der Waals surface area contributed by atoms with Crippen LogP contribution < -0.4 is 11.1 Å². The maximum atomic E-state index is 11.3. The van der Waals surface area contributed by atoms with Crippen molar-refractivity contribution in [2.24, 2.45) is 0 Å². The van der Waals surface area contributed by atoms with Crippen molar-refractivity contribution in [3.05, 3.63) is 29.5 Å². The normalized spacial score (nSPS) is 14.2. The number of nitrogen functional groups attached to an aromatic ring is 1. The second-order valence-electron chi connectivity index (χ2n) is 4.52. The molecule has 0 fully saturated rings. The number of carbonyl (C=O) groups is 1. The summed E-state index contributed by atoms with van der Waals surface area (Å²) in [6.07, 6.45) is 1.31. The molecular weight excluding hydrogens is 228 g/mol. The Balaban J connectivity index is 2.05. The van der Waals surface area contributed by atoms with E-state index in [1.807, 2.05) is 19.1 Å². The summed E-state index contributed by atoms with van der Waals surface area (Å²) in [4.78, 5) is 18.6. The highest BCUT2D eigenvalue weighted by atomic mass is 16.1. The van der Waals surface area contributed by atoms with Crippen LogP contribution in [0.25, 0.3) is 11.3 Å². The number of amides is 1. The topological polar surface area (TPSA) is 83.8 Å². The lowest BCUT2D eigenvalue weighted by molar-refractivity contribution is -0.116. The SMILES string of the molecule is Cc1[nH]c(N)nc1-c1ccc2c(c1)CCC(=O)N2. The van der Waals surface area contributed by atoms with Crippen LogP contribution in [0.4, 0.5) is 11.6 Å². The summed E-state index contributed by atoms with van der Waals surface area (Å²) in [5.74, 6) is 0.504. The number of nitrogens with one attached hydrogen (secondary N) is 2. The third-order valence-corrected chi connectivity index (χ3v) is 3.18. The Bertz CT molecular complexity index is 630. The van der Waals surface area contributed by atoms with E-state index in [4.69, 9.17) is 5.73 Å². The number of H-pyrrole nitrogens is 1. The van der Waals surface area contributed by atoms with Gasteiger partial charge in [0.1, 0.15) is 0 Å². The summed E-state index contributed by atoms with van der Waals surface area (Å²) in [5.41, 5.74) is 10.5. The molecule has 0 bridgehead atoms. The minimum absolute atomic E-state index is 0.0791. The zero-order valence-corrected chi connectivity index (χ0v) is 10.1. The van der Waals surface area contributed by atoms with E-state index < -0.39 is 0 Å². The Morgan fingerprint density at radius 2 is 2.17 bits per heavy atom. The Morgan fingerprint density at radius 3 is 2.89 bits per heavy atom. The second kappa shape index (κ2) is 3.87. The molecule has 2 heterocycles. The number of imidazole rings is 1. The Labute approximate surface area is 104 Å². The lowest BCUT2D eigenvalue weighted by atomic mass is 9.99. The predicted octanol–water partition coefficient (Wildman–Crippen LogP) is 1.85. The molecule has 92 valence electrons. The first-order valence-electron chi connectivity index (χ1n) is 5.89. The van der Waals surface area contributed by atoms with Crippen molar-refractivity contribution in [1.82, 2.24) is 9.97 Å². The third-order valence-electron chi connectivity index (χ3n) is 3.18. The second-order valence-corrected chi connectivity index (χ2v) is 4.52. The molecule has 0 spiro atoms. The van der Waals surface area contributed by atoms with Gasteiger partial charge in [0.05, 0.1) is 5.69 Å². The molecule has 3 rings (SSSR count). The Kier molecular flexibility index (Phi) is 2.33. The zero-order chi connectivity index (χ0) is 12.7. The van der Waals surface area contributed by atoms with Crippen molar-refractivity contribution >= 4 is 17.5 Å². The van der Waals surface area contributed by atoms with Crippen LogP contribution >= 0.6 is 0 Å². The van der Waals surface area contributed by atoms with Crippen LogP contribution in [0, 0.1) is 6.92 Å². The Hall–Kier alpha value is -2.30. The number of benzene rings is 1. The molecule has 5 nitrogen and oxygen atoms in total. The van der Waals surface area contributed by atoms with Gasteiger partial charge in [0, 0.05) is 23.4 Å². The fraction of sp³-hybridized carbons (Fsp3) is 0.231. The van der Waals surface area contributed by atoms with Gasteiger partial charge in [-0.2, -0.15) is 0 Å². The molecule has 2 aromatic rings. The first-order chi connectivity index (χ1) is 8.63. The van der Waals surface area contributed by atoms with E-state index in [0.717, 1.165) is 34.6 Å². The summed E-state index contributed by atoms with van der Waals surface area (Å²) in [6.45, 7) is 1.94. The molecule has 4 N–H and O–H groups in total. The molecule has 0 atom stereocenters. The predicted molar refractivity (Wildman–Crippen MR) is 70.1 cm³/mol. The highest BCUT2D eigenvalue weighted by molar-refractivity contribution is 5.94. The van der Waals surface area contributed by atoms with E-state index in [-0.39, 0.29) is 5.91 Å². The lowest BCUT2D eigenvalue weighted by Gasteiger charge is -2.17. The molecule has 0 saturated carbocycles. The van der Waals surface area contributed by atoms with Gasteiger partial charge < -0.3 is 16.0 Å². The van der Waals surface area contributed by atoms with E-state index in [0.29, 0.717) is 12.4 Å². The van der Waals surface area contributed by atoms with Gasteiger partial charge in [-0.15, -0.1) is 0 Å². The number of nitrogens with two attached hydrogens (primary N) is 1. The number of aromatic amines is 1. The average Bonchev–Trinajstić information content (AvgIpc) is 2.68. The molecule has 1 aliphatic heterocycles. The van der Waals surface area contributed by atoms with Crippen LogP contribution in [-0.4, -0.2) is 15.9 Å². The molecule has 0 unspecified atom stereocenters. The van der Waals surface area contributed by atoms with Crippen LogP contribution in [0.1, 0.15) is 17.7 Å². The standard InChI is InChI=1S/C13H14N4O/c1-7-12(17-13(14)15-7)9-2-4-10-8(6-9)3-5-11(18)16-10/h2,4,6H,3,5H2,1H3,(H,16,18)(H3,14,15,17). The first kappa shape index (κ1) is 10.8. The van der Waals surface area contributed by atoms with Crippen molar-refractivity contribution < 1.29 is 4.79 Å². The van der Waals surface area contributed by atoms with E-state index in [9.17, 15) is 4.79 Å². The van der Waals surface area contributed by atoms with Gasteiger partial charge in [-0.1, -0.05) is 6.07 Å². The summed E-state index contributed by atoms with van der Waals surface area (Å²) in [7, 11) is 0. The largest absolute Gasteiger partial charge is 0.369 e. The van der Waals surface area contributed by atoms with E-state index >= 15 is 0 Å². The van der Waals surface area contributed by atoms with Gasteiger partial charge >= 0.3 is 0 Å². The monoisotopic (exact) mass is 242 g/mol. The van der Waals surface area contributed by atoms with Crippen LogP contribution in [-0.2, 0) is 11.2 Å². The molecule has 0 saturated heterocycles. The maximum Gasteiger partial charge on any atom is 0.224 e. The number of aromatic nitrogens is 2. The first-order valence-corrected chi connectivity index (χ1v) is 5.89. The maximum absolute atomic E-state index is 11.3. The quantitative estimate of drug-likeness (QED) is 0.713. The molecule has 1 aliphatic rings. The molecule has 0 aliphatic carbocycles. The number of hydrogen-bond donors (Lipinski definition) is 3. The van der Waals surface area contributed by atoms with Crippen molar-refractivity contribution in [3.8, 4) is 11.3 Å². The smallest absolute Gasteiger partial charge is 0.224 e. The molecular formula is C13H14N4O. The summed E-state index contributed by atoms with van der Waals surface area (Å²) < 4.78 is 0. The number of anilines is 2. The fourth-order valence-electron chi connectivity index (χ4n) is 2.30. The summed E-state index contributed by atoms with van der Waals surface area (Å²) >= 11 is 0. The van der Waals surface area contributed by atoms with E-state index in [1.165, 1.54) is 0 Å². The lowest BCUT2D eigenvalue weighted by Crippen LogP contribution is -2.18. The number of carbonyl (C=O) groups excluding carboxylic acids is 1. The Morgan fingerprint density at radius 1 is 1.33 bits per heavy atom. The van der Waals surface area contributed by atoms with Gasteiger partial charge in [0.2, 0.25) is 5.91 Å². The van der Waals surface area contributed by atoms with Crippen molar-refractivity contribution in [2.45, 2.75) is 19.8 Å². The van der Waals surface area contributed by atoms with E-state index in [2.05, 4.69) is 21.4 Å². The number of fused-ring (bicyclic) bond motifs is 1. The molecule has 1 amide bonds.